The number of benzene rings is 1. The van der Waals surface area contributed by atoms with Crippen molar-refractivity contribution < 1.29 is 9.53 Å². The first kappa shape index (κ1) is 13.4. The van der Waals surface area contributed by atoms with Crippen LogP contribution in [0.15, 0.2) is 18.2 Å². The summed E-state index contributed by atoms with van der Waals surface area (Å²) in [6.45, 7) is 1.91. The van der Waals surface area contributed by atoms with Gasteiger partial charge < -0.3 is 15.4 Å². The van der Waals surface area contributed by atoms with Crippen LogP contribution in [0.25, 0.3) is 0 Å². The number of nitrogens with two attached hydrogens (primary N) is 1. The van der Waals surface area contributed by atoms with Gasteiger partial charge in [0.25, 0.3) is 5.91 Å². The molecule has 0 aromatic heterocycles. The van der Waals surface area contributed by atoms with E-state index < -0.39 is 0 Å². The highest BCUT2D eigenvalue weighted by Crippen LogP contribution is 2.19. The summed E-state index contributed by atoms with van der Waals surface area (Å²) in [5, 5.41) is 0. The lowest BCUT2D eigenvalue weighted by molar-refractivity contribution is -0.130. The summed E-state index contributed by atoms with van der Waals surface area (Å²) in [6.07, 6.45) is 0. The Bertz CT molecular complexity index is 444. The fourth-order valence-corrected chi connectivity index (χ4v) is 1.30. The summed E-state index contributed by atoms with van der Waals surface area (Å²) < 4.78 is 5.44. The lowest BCUT2D eigenvalue weighted by atomic mass is 10.1. The smallest absolute Gasteiger partial charge is 0.259 e. The monoisotopic (exact) mass is 252 g/mol. The standard InChI is InChI=1S/C12H16N2O2S/c1-8-4-5-9(12(13)17)6-10(8)16-7-11(15)14(2)3/h4-6H,7H2,1-3H3,(H2,13,17). The van der Waals surface area contributed by atoms with Crippen molar-refractivity contribution in [3.05, 3.63) is 29.3 Å². The Morgan fingerprint density at radius 1 is 1.47 bits per heavy atom. The van der Waals surface area contributed by atoms with Crippen LogP contribution in [0.2, 0.25) is 0 Å². The number of likely N-dealkylation sites (N-methyl/N-ethyl adjacent to an activating group) is 1. The van der Waals surface area contributed by atoms with E-state index in [1.807, 2.05) is 19.1 Å². The van der Waals surface area contributed by atoms with Gasteiger partial charge >= 0.3 is 0 Å². The van der Waals surface area contributed by atoms with E-state index in [0.717, 1.165) is 11.1 Å². The van der Waals surface area contributed by atoms with Gasteiger partial charge in [0.15, 0.2) is 6.61 Å². The van der Waals surface area contributed by atoms with Crippen LogP contribution in [-0.4, -0.2) is 36.5 Å². The third-order valence-corrected chi connectivity index (χ3v) is 2.56. The molecule has 17 heavy (non-hydrogen) atoms. The number of rotatable bonds is 4. The van der Waals surface area contributed by atoms with E-state index in [0.29, 0.717) is 10.7 Å². The molecule has 0 heterocycles. The van der Waals surface area contributed by atoms with E-state index in [-0.39, 0.29) is 12.5 Å². The maximum atomic E-state index is 11.4. The van der Waals surface area contributed by atoms with Gasteiger partial charge in [0.05, 0.1) is 0 Å². The molecule has 0 spiro atoms. The van der Waals surface area contributed by atoms with Crippen LogP contribution in [-0.2, 0) is 4.79 Å². The van der Waals surface area contributed by atoms with Crippen molar-refractivity contribution >= 4 is 23.1 Å². The van der Waals surface area contributed by atoms with E-state index in [2.05, 4.69) is 0 Å². The van der Waals surface area contributed by atoms with E-state index in [1.165, 1.54) is 4.90 Å². The summed E-state index contributed by atoms with van der Waals surface area (Å²) in [5.74, 6) is 0.538. The molecule has 0 bridgehead atoms. The van der Waals surface area contributed by atoms with Crippen molar-refractivity contribution in [2.45, 2.75) is 6.92 Å². The molecule has 1 aromatic carbocycles. The molecular weight excluding hydrogens is 236 g/mol. The number of hydrogen-bond acceptors (Lipinski definition) is 3. The predicted octanol–water partition coefficient (Wildman–Crippen LogP) is 1.10. The summed E-state index contributed by atoms with van der Waals surface area (Å²) in [7, 11) is 3.37. The van der Waals surface area contributed by atoms with Gasteiger partial charge in [-0.1, -0.05) is 24.4 Å². The van der Waals surface area contributed by atoms with Crippen LogP contribution < -0.4 is 10.5 Å². The number of ether oxygens (including phenoxy) is 1. The Morgan fingerprint density at radius 3 is 2.65 bits per heavy atom. The Hall–Kier alpha value is -1.62. The maximum Gasteiger partial charge on any atom is 0.259 e. The molecule has 4 nitrogen and oxygen atoms in total. The summed E-state index contributed by atoms with van der Waals surface area (Å²) in [6, 6.07) is 5.45. The molecule has 0 aliphatic heterocycles. The third kappa shape index (κ3) is 3.71. The van der Waals surface area contributed by atoms with Gasteiger partial charge in [-0.25, -0.2) is 0 Å². The molecule has 5 heteroatoms. The van der Waals surface area contributed by atoms with Crippen molar-refractivity contribution in [3.8, 4) is 5.75 Å². The van der Waals surface area contributed by atoms with Crippen molar-refractivity contribution in [3.63, 3.8) is 0 Å². The molecule has 92 valence electrons. The number of nitrogens with zero attached hydrogens (tertiary/aromatic N) is 1. The molecule has 0 unspecified atom stereocenters. The Labute approximate surface area is 106 Å². The topological polar surface area (TPSA) is 55.6 Å². The lowest BCUT2D eigenvalue weighted by Crippen LogP contribution is -2.27. The van der Waals surface area contributed by atoms with Crippen LogP contribution in [0.3, 0.4) is 0 Å². The zero-order chi connectivity index (χ0) is 13.0. The number of carbonyl (C=O) groups excluding carboxylic acids is 1. The van der Waals surface area contributed by atoms with Crippen molar-refractivity contribution in [2.24, 2.45) is 5.73 Å². The quantitative estimate of drug-likeness (QED) is 0.815. The van der Waals surface area contributed by atoms with Gasteiger partial charge in [-0.05, 0) is 18.6 Å². The zero-order valence-corrected chi connectivity index (χ0v) is 11.0. The first-order valence-corrected chi connectivity index (χ1v) is 5.56. The normalized spacial score (nSPS) is 9.82. The minimum atomic E-state index is -0.0925. The number of hydrogen-bond donors (Lipinski definition) is 1. The molecule has 0 aliphatic carbocycles. The first-order chi connectivity index (χ1) is 7.91. The highest BCUT2D eigenvalue weighted by Gasteiger charge is 2.08. The van der Waals surface area contributed by atoms with Crippen LogP contribution in [0, 0.1) is 6.92 Å². The molecule has 1 amide bonds. The average Bonchev–Trinajstić information content (AvgIpc) is 2.26. The molecule has 0 saturated carbocycles. The predicted molar refractivity (Wildman–Crippen MR) is 71.3 cm³/mol. The largest absolute Gasteiger partial charge is 0.483 e. The summed E-state index contributed by atoms with van der Waals surface area (Å²) >= 11 is 4.89. The molecule has 0 saturated heterocycles. The van der Waals surface area contributed by atoms with E-state index in [1.54, 1.807) is 20.2 Å². The Kier molecular flexibility index (Phi) is 4.45. The van der Waals surface area contributed by atoms with Gasteiger partial charge in [-0.3, -0.25) is 4.79 Å². The number of thiocarbonyl (C=S) groups is 1. The summed E-state index contributed by atoms with van der Waals surface area (Å²) in [5.41, 5.74) is 7.21. The minimum Gasteiger partial charge on any atom is -0.483 e. The van der Waals surface area contributed by atoms with Gasteiger partial charge in [0.2, 0.25) is 0 Å². The third-order valence-electron chi connectivity index (χ3n) is 2.32. The number of amides is 1. The average molecular weight is 252 g/mol. The maximum absolute atomic E-state index is 11.4. The second kappa shape index (κ2) is 5.63. The van der Waals surface area contributed by atoms with Crippen LogP contribution in [0.4, 0.5) is 0 Å². The molecule has 0 radical (unpaired) electrons. The highest BCUT2D eigenvalue weighted by atomic mass is 32.1. The zero-order valence-electron chi connectivity index (χ0n) is 10.2. The van der Waals surface area contributed by atoms with Crippen LogP contribution in [0.1, 0.15) is 11.1 Å². The number of aryl methyl sites for hydroxylation is 1. The van der Waals surface area contributed by atoms with E-state index in [9.17, 15) is 4.79 Å². The molecule has 0 atom stereocenters. The van der Waals surface area contributed by atoms with Gasteiger partial charge in [0.1, 0.15) is 10.7 Å². The molecule has 1 rings (SSSR count). The van der Waals surface area contributed by atoms with Gasteiger partial charge in [-0.2, -0.15) is 0 Å². The lowest BCUT2D eigenvalue weighted by Gasteiger charge is -2.13. The van der Waals surface area contributed by atoms with Gasteiger partial charge in [-0.15, -0.1) is 0 Å². The first-order valence-electron chi connectivity index (χ1n) is 5.15. The molecule has 2 N–H and O–H groups in total. The summed E-state index contributed by atoms with van der Waals surface area (Å²) in [4.78, 5) is 13.2. The fraction of sp³-hybridized carbons (Fsp3) is 0.333. The molecular formula is C12H16N2O2S. The van der Waals surface area contributed by atoms with Crippen LogP contribution in [0.5, 0.6) is 5.75 Å². The van der Waals surface area contributed by atoms with Crippen molar-refractivity contribution in [2.75, 3.05) is 20.7 Å². The minimum absolute atomic E-state index is 0.00856. The van der Waals surface area contributed by atoms with Crippen LogP contribution >= 0.6 is 12.2 Å². The SMILES string of the molecule is Cc1ccc(C(N)=S)cc1OCC(=O)N(C)C. The highest BCUT2D eigenvalue weighted by molar-refractivity contribution is 7.80. The Morgan fingerprint density at radius 2 is 2.12 bits per heavy atom. The molecule has 0 fully saturated rings. The van der Waals surface area contributed by atoms with Crippen molar-refractivity contribution in [1.82, 2.24) is 4.90 Å². The second-order valence-electron chi connectivity index (χ2n) is 3.92. The molecule has 1 aromatic rings. The van der Waals surface area contributed by atoms with E-state index in [4.69, 9.17) is 22.7 Å². The fourth-order valence-electron chi connectivity index (χ4n) is 1.18. The van der Waals surface area contributed by atoms with Crippen molar-refractivity contribution in [1.29, 1.82) is 0 Å². The van der Waals surface area contributed by atoms with Gasteiger partial charge in [0, 0.05) is 19.7 Å². The molecule has 0 aliphatic rings. The van der Waals surface area contributed by atoms with E-state index >= 15 is 0 Å². The second-order valence-corrected chi connectivity index (χ2v) is 4.36. The Balaban J connectivity index is 2.80. The number of carbonyl (C=O) groups is 1.